The molecule has 2 aliphatic rings. The Bertz CT molecular complexity index is 1090. The highest BCUT2D eigenvalue weighted by molar-refractivity contribution is 7.89. The summed E-state index contributed by atoms with van der Waals surface area (Å²) in [5.74, 6) is 0.634. The number of rotatable bonds is 5. The Balaban J connectivity index is 1.54. The lowest BCUT2D eigenvalue weighted by Gasteiger charge is -2.32. The van der Waals surface area contributed by atoms with Crippen molar-refractivity contribution in [1.82, 2.24) is 20.2 Å². The maximum atomic E-state index is 12.8. The van der Waals surface area contributed by atoms with Gasteiger partial charge in [0, 0.05) is 43.7 Å². The highest BCUT2D eigenvalue weighted by Gasteiger charge is 2.29. The van der Waals surface area contributed by atoms with Gasteiger partial charge in [-0.2, -0.15) is 18.4 Å². The van der Waals surface area contributed by atoms with Gasteiger partial charge in [0.15, 0.2) is 5.76 Å². The molecule has 10 heteroatoms. The largest absolute Gasteiger partial charge is 0.455 e. The maximum absolute atomic E-state index is 12.8. The number of fused-ring (bicyclic) bond motifs is 1. The molecule has 2 heterocycles. The second-order valence-electron chi connectivity index (χ2n) is 7.91. The van der Waals surface area contributed by atoms with E-state index < -0.39 is 10.0 Å². The molecule has 166 valence electrons. The van der Waals surface area contributed by atoms with E-state index in [-0.39, 0.29) is 16.6 Å². The van der Waals surface area contributed by atoms with Crippen molar-refractivity contribution in [3.63, 3.8) is 0 Å². The molecule has 1 fully saturated rings. The van der Waals surface area contributed by atoms with Crippen LogP contribution in [-0.4, -0.2) is 63.2 Å². The van der Waals surface area contributed by atoms with Gasteiger partial charge in [-0.25, -0.2) is 5.01 Å². The number of sulfonamides is 1. The first kappa shape index (κ1) is 21.5. The quantitative estimate of drug-likeness (QED) is 0.676. The lowest BCUT2D eigenvalue weighted by Crippen LogP contribution is -2.52. The van der Waals surface area contributed by atoms with Crippen molar-refractivity contribution >= 4 is 21.6 Å². The molecule has 1 aliphatic carbocycles. The number of piperazine rings is 1. The summed E-state index contributed by atoms with van der Waals surface area (Å²) in [4.78, 5) is 17.5. The fourth-order valence-electron chi connectivity index (χ4n) is 3.88. The van der Waals surface area contributed by atoms with E-state index >= 15 is 0 Å². The summed E-state index contributed by atoms with van der Waals surface area (Å²) >= 11 is 0. The normalized spacial score (nSPS) is 19.2. The summed E-state index contributed by atoms with van der Waals surface area (Å²) < 4.78 is 30.9. The zero-order valence-electron chi connectivity index (χ0n) is 17.7. The zero-order valence-corrected chi connectivity index (χ0v) is 18.5. The number of nitrogens with zero attached hydrogens (tertiary/aromatic N) is 3. The summed E-state index contributed by atoms with van der Waals surface area (Å²) in [5, 5.41) is 6.10. The number of benzene rings is 1. The third-order valence-electron chi connectivity index (χ3n) is 5.65. The first-order valence-corrected chi connectivity index (χ1v) is 11.8. The molecule has 1 saturated heterocycles. The zero-order chi connectivity index (χ0) is 22.0. The number of hydrazone groups is 1. The van der Waals surface area contributed by atoms with Crippen LogP contribution in [-0.2, 0) is 16.4 Å². The predicted octanol–water partition coefficient (Wildman–Crippen LogP) is 1.50. The van der Waals surface area contributed by atoms with Gasteiger partial charge in [0.1, 0.15) is 5.76 Å². The van der Waals surface area contributed by atoms with Crippen molar-refractivity contribution in [2.45, 2.75) is 31.1 Å². The Labute approximate surface area is 182 Å². The van der Waals surface area contributed by atoms with Crippen molar-refractivity contribution < 1.29 is 17.6 Å². The Kier molecular flexibility index (Phi) is 6.12. The summed E-state index contributed by atoms with van der Waals surface area (Å²) in [6.07, 6.45) is 2.05. The van der Waals surface area contributed by atoms with Crippen molar-refractivity contribution in [3.8, 4) is 0 Å². The molecular weight excluding hydrogens is 418 g/mol. The summed E-state index contributed by atoms with van der Waals surface area (Å²) in [6, 6.07) is 8.09. The van der Waals surface area contributed by atoms with Gasteiger partial charge in [0.2, 0.25) is 0 Å². The minimum Gasteiger partial charge on any atom is -0.455 e. The van der Waals surface area contributed by atoms with Crippen molar-refractivity contribution in [1.29, 1.82) is 0 Å². The molecule has 0 spiro atoms. The van der Waals surface area contributed by atoms with E-state index in [1.165, 1.54) is 12.1 Å². The van der Waals surface area contributed by atoms with Crippen LogP contribution in [0.4, 0.5) is 0 Å². The molecule has 2 aromatic rings. The minimum absolute atomic E-state index is 0.145. The van der Waals surface area contributed by atoms with Gasteiger partial charge in [0.05, 0.1) is 10.6 Å². The van der Waals surface area contributed by atoms with Crippen molar-refractivity contribution in [3.05, 3.63) is 53.0 Å². The molecule has 1 aromatic heterocycles. The van der Waals surface area contributed by atoms with Crippen LogP contribution >= 0.6 is 0 Å². The van der Waals surface area contributed by atoms with Crippen LogP contribution in [0.15, 0.2) is 44.7 Å². The second kappa shape index (κ2) is 8.81. The SMILES string of the molecule is Cc1c(C(=O)NN2CCN(C)CC2)oc2c1/C(=N/NS(=O)(=O)c1ccccc1)CCC2. The van der Waals surface area contributed by atoms with Gasteiger partial charge in [-0.05, 0) is 38.9 Å². The van der Waals surface area contributed by atoms with Crippen LogP contribution in [0, 0.1) is 6.92 Å². The molecule has 9 nitrogen and oxygen atoms in total. The van der Waals surface area contributed by atoms with E-state index in [2.05, 4.69) is 27.3 Å². The third-order valence-corrected chi connectivity index (χ3v) is 6.87. The average molecular weight is 446 g/mol. The maximum Gasteiger partial charge on any atom is 0.301 e. The van der Waals surface area contributed by atoms with E-state index in [9.17, 15) is 13.2 Å². The number of hydrogen-bond donors (Lipinski definition) is 2. The van der Waals surface area contributed by atoms with Crippen LogP contribution in [0.25, 0.3) is 0 Å². The molecule has 0 unspecified atom stereocenters. The number of nitrogens with one attached hydrogen (secondary N) is 2. The smallest absolute Gasteiger partial charge is 0.301 e. The third kappa shape index (κ3) is 4.65. The van der Waals surface area contributed by atoms with Crippen molar-refractivity contribution in [2.24, 2.45) is 5.10 Å². The Morgan fingerprint density at radius 2 is 1.81 bits per heavy atom. The minimum atomic E-state index is -3.77. The van der Waals surface area contributed by atoms with Crippen LogP contribution < -0.4 is 10.3 Å². The highest BCUT2D eigenvalue weighted by atomic mass is 32.2. The van der Waals surface area contributed by atoms with Gasteiger partial charge in [-0.15, -0.1) is 0 Å². The first-order valence-electron chi connectivity index (χ1n) is 10.4. The molecule has 1 aliphatic heterocycles. The molecule has 1 amide bonds. The number of amides is 1. The first-order chi connectivity index (χ1) is 14.8. The molecular formula is C21H27N5O4S. The molecule has 31 heavy (non-hydrogen) atoms. The van der Waals surface area contributed by atoms with Gasteiger partial charge in [-0.1, -0.05) is 18.2 Å². The number of carbonyl (C=O) groups excluding carboxylic acids is 1. The molecule has 0 saturated carbocycles. The van der Waals surface area contributed by atoms with E-state index in [1.54, 1.807) is 18.2 Å². The Morgan fingerprint density at radius 1 is 1.10 bits per heavy atom. The van der Waals surface area contributed by atoms with Gasteiger partial charge >= 0.3 is 5.91 Å². The Morgan fingerprint density at radius 3 is 2.52 bits per heavy atom. The van der Waals surface area contributed by atoms with Crippen LogP contribution in [0.1, 0.15) is 40.3 Å². The van der Waals surface area contributed by atoms with E-state index in [1.807, 2.05) is 11.9 Å². The van der Waals surface area contributed by atoms with Crippen LogP contribution in [0.2, 0.25) is 0 Å². The Hall–Kier alpha value is -2.69. The second-order valence-corrected chi connectivity index (χ2v) is 9.57. The number of hydrogen-bond acceptors (Lipinski definition) is 7. The molecule has 0 bridgehead atoms. The van der Waals surface area contributed by atoms with E-state index in [0.29, 0.717) is 29.9 Å². The number of aryl methyl sites for hydroxylation is 1. The number of carbonyl (C=O) groups is 1. The molecule has 4 rings (SSSR count). The monoisotopic (exact) mass is 445 g/mol. The standard InChI is InChI=1S/C21H27N5O4S/c1-15-19-17(22-24-31(28,29)16-7-4-3-5-8-16)9-6-10-18(19)30-20(15)21(27)23-26-13-11-25(2)12-14-26/h3-5,7-8,24H,6,9-14H2,1-2H3,(H,23,27)/b22-17+. The summed E-state index contributed by atoms with van der Waals surface area (Å²) in [7, 11) is -1.71. The lowest BCUT2D eigenvalue weighted by molar-refractivity contribution is 0.0634. The highest BCUT2D eigenvalue weighted by Crippen LogP contribution is 2.30. The van der Waals surface area contributed by atoms with Crippen LogP contribution in [0.3, 0.4) is 0 Å². The number of hydrazine groups is 1. The van der Waals surface area contributed by atoms with Gasteiger partial charge < -0.3 is 9.32 Å². The summed E-state index contributed by atoms with van der Waals surface area (Å²) in [6.45, 7) is 5.07. The number of furan rings is 1. The van der Waals surface area contributed by atoms with E-state index in [4.69, 9.17) is 4.42 Å². The lowest BCUT2D eigenvalue weighted by atomic mass is 9.93. The fourth-order valence-corrected chi connectivity index (χ4v) is 4.73. The molecule has 1 aromatic carbocycles. The predicted molar refractivity (Wildman–Crippen MR) is 116 cm³/mol. The molecule has 0 radical (unpaired) electrons. The molecule has 0 atom stereocenters. The van der Waals surface area contributed by atoms with E-state index in [0.717, 1.165) is 38.2 Å². The fraction of sp³-hybridized carbons (Fsp3) is 0.429. The average Bonchev–Trinajstić information content (AvgIpc) is 3.12. The van der Waals surface area contributed by atoms with Gasteiger partial charge in [0.25, 0.3) is 10.0 Å². The molecule has 2 N–H and O–H groups in total. The topological polar surface area (TPSA) is 107 Å². The summed E-state index contributed by atoms with van der Waals surface area (Å²) in [5.41, 5.74) is 4.91. The van der Waals surface area contributed by atoms with Crippen molar-refractivity contribution in [2.75, 3.05) is 33.2 Å². The van der Waals surface area contributed by atoms with Gasteiger partial charge in [-0.3, -0.25) is 10.2 Å². The number of likely N-dealkylation sites (N-methyl/N-ethyl adjacent to an activating group) is 1. The van der Waals surface area contributed by atoms with Crippen LogP contribution in [0.5, 0.6) is 0 Å².